The van der Waals surface area contributed by atoms with Crippen LogP contribution < -0.4 is 5.32 Å². The first-order chi connectivity index (χ1) is 7.16. The fraction of sp³-hybridized carbons (Fsp3) is 0.500. The van der Waals surface area contributed by atoms with E-state index >= 15 is 0 Å². The molecule has 0 bridgehead atoms. The first kappa shape index (κ1) is 11.1. The van der Waals surface area contributed by atoms with Crippen LogP contribution in [0.15, 0.2) is 22.7 Å². The number of hydrogen-bond acceptors (Lipinski definition) is 1. The molecule has 1 aromatic rings. The van der Waals surface area contributed by atoms with Gasteiger partial charge in [0.1, 0.15) is 5.82 Å². The minimum absolute atomic E-state index is 0.108. The molecule has 1 saturated carbocycles. The molecule has 1 atom stereocenters. The van der Waals surface area contributed by atoms with Crippen LogP contribution in [0.1, 0.15) is 31.2 Å². The average molecular weight is 272 g/mol. The third-order valence-electron chi connectivity index (χ3n) is 2.78. The Balaban J connectivity index is 2.02. The molecule has 1 nitrogen and oxygen atoms in total. The van der Waals surface area contributed by atoms with Gasteiger partial charge in [0.15, 0.2) is 0 Å². The summed E-state index contributed by atoms with van der Waals surface area (Å²) in [7, 11) is 0. The highest BCUT2D eigenvalue weighted by molar-refractivity contribution is 9.10. The zero-order valence-electron chi connectivity index (χ0n) is 8.76. The Morgan fingerprint density at radius 1 is 1.53 bits per heavy atom. The van der Waals surface area contributed by atoms with Crippen LogP contribution in [-0.4, -0.2) is 12.6 Å². The number of benzene rings is 1. The summed E-state index contributed by atoms with van der Waals surface area (Å²) in [5.74, 6) is 0.117. The van der Waals surface area contributed by atoms with Gasteiger partial charge in [-0.3, -0.25) is 0 Å². The molecule has 3 heteroatoms. The van der Waals surface area contributed by atoms with Gasteiger partial charge in [-0.15, -0.1) is 0 Å². The van der Waals surface area contributed by atoms with Gasteiger partial charge in [0, 0.05) is 17.1 Å². The lowest BCUT2D eigenvalue weighted by atomic mass is 10.0. The largest absolute Gasteiger partial charge is 0.313 e. The molecule has 1 fully saturated rings. The molecule has 0 heterocycles. The molecular formula is C12H15BrFN. The lowest BCUT2D eigenvalue weighted by Gasteiger charge is -2.13. The predicted molar refractivity (Wildman–Crippen MR) is 63.5 cm³/mol. The Kier molecular flexibility index (Phi) is 3.42. The van der Waals surface area contributed by atoms with Crippen molar-refractivity contribution in [2.24, 2.45) is 0 Å². The van der Waals surface area contributed by atoms with E-state index in [4.69, 9.17) is 0 Å². The molecule has 1 aliphatic carbocycles. The van der Waals surface area contributed by atoms with Crippen molar-refractivity contribution >= 4 is 15.9 Å². The molecule has 0 radical (unpaired) electrons. The third-order valence-corrected chi connectivity index (χ3v) is 3.27. The minimum atomic E-state index is -0.108. The maximum Gasteiger partial charge on any atom is 0.126 e. The molecular weight excluding hydrogens is 257 g/mol. The fourth-order valence-electron chi connectivity index (χ4n) is 1.63. The van der Waals surface area contributed by atoms with Crippen LogP contribution in [-0.2, 0) is 0 Å². The second kappa shape index (κ2) is 4.62. The van der Waals surface area contributed by atoms with Gasteiger partial charge in [-0.2, -0.15) is 0 Å². The van der Waals surface area contributed by atoms with Crippen LogP contribution in [0.2, 0.25) is 0 Å². The van der Waals surface area contributed by atoms with Crippen molar-refractivity contribution in [3.63, 3.8) is 0 Å². The smallest absolute Gasteiger partial charge is 0.126 e. The lowest BCUT2D eigenvalue weighted by Crippen LogP contribution is -2.22. The van der Waals surface area contributed by atoms with Gasteiger partial charge in [0.05, 0.1) is 0 Å². The van der Waals surface area contributed by atoms with E-state index in [1.165, 1.54) is 18.9 Å². The maximum absolute atomic E-state index is 13.5. The first-order valence-corrected chi connectivity index (χ1v) is 6.14. The molecule has 1 aromatic carbocycles. The van der Waals surface area contributed by atoms with Crippen molar-refractivity contribution in [2.75, 3.05) is 6.54 Å². The monoisotopic (exact) mass is 271 g/mol. The number of halogens is 2. The fourth-order valence-corrected chi connectivity index (χ4v) is 2.01. The molecule has 1 unspecified atom stereocenters. The molecule has 0 aliphatic heterocycles. The maximum atomic E-state index is 13.5. The lowest BCUT2D eigenvalue weighted by molar-refractivity contribution is 0.558. The molecule has 82 valence electrons. The number of rotatable bonds is 4. The zero-order valence-corrected chi connectivity index (χ0v) is 10.3. The molecule has 15 heavy (non-hydrogen) atoms. The normalized spacial score (nSPS) is 17.8. The highest BCUT2D eigenvalue weighted by Gasteiger charge is 2.21. The van der Waals surface area contributed by atoms with Crippen molar-refractivity contribution in [1.82, 2.24) is 5.32 Å². The summed E-state index contributed by atoms with van der Waals surface area (Å²) in [4.78, 5) is 0. The quantitative estimate of drug-likeness (QED) is 0.885. The van der Waals surface area contributed by atoms with E-state index in [1.54, 1.807) is 6.07 Å². The van der Waals surface area contributed by atoms with Crippen molar-refractivity contribution in [1.29, 1.82) is 0 Å². The molecule has 0 saturated heterocycles. The van der Waals surface area contributed by atoms with Crippen LogP contribution >= 0.6 is 15.9 Å². The van der Waals surface area contributed by atoms with Crippen molar-refractivity contribution < 1.29 is 4.39 Å². The van der Waals surface area contributed by atoms with E-state index in [2.05, 4.69) is 28.2 Å². The highest BCUT2D eigenvalue weighted by Crippen LogP contribution is 2.24. The minimum Gasteiger partial charge on any atom is -0.313 e. The van der Waals surface area contributed by atoms with E-state index < -0.39 is 0 Å². The Morgan fingerprint density at radius 3 is 2.93 bits per heavy atom. The predicted octanol–water partition coefficient (Wildman–Crippen LogP) is 3.44. The molecule has 2 rings (SSSR count). The molecule has 0 aromatic heterocycles. The van der Waals surface area contributed by atoms with Gasteiger partial charge in [0.2, 0.25) is 0 Å². The highest BCUT2D eigenvalue weighted by atomic mass is 79.9. The Morgan fingerprint density at radius 2 is 2.27 bits per heavy atom. The van der Waals surface area contributed by atoms with E-state index in [0.717, 1.165) is 16.6 Å². The van der Waals surface area contributed by atoms with Gasteiger partial charge < -0.3 is 5.32 Å². The van der Waals surface area contributed by atoms with Crippen molar-refractivity contribution in [3.05, 3.63) is 34.1 Å². The summed E-state index contributed by atoms with van der Waals surface area (Å²) in [6.07, 6.45) is 2.54. The van der Waals surface area contributed by atoms with Crippen LogP contribution in [0.3, 0.4) is 0 Å². The molecule has 1 aliphatic rings. The Hall–Kier alpha value is -0.410. The summed E-state index contributed by atoms with van der Waals surface area (Å²) >= 11 is 3.37. The SMILES string of the molecule is CC(CNC1CC1)c1cc(Br)ccc1F. The third kappa shape index (κ3) is 3.02. The van der Waals surface area contributed by atoms with Crippen LogP contribution in [0.5, 0.6) is 0 Å². The van der Waals surface area contributed by atoms with Gasteiger partial charge in [-0.1, -0.05) is 22.9 Å². The van der Waals surface area contributed by atoms with E-state index in [9.17, 15) is 4.39 Å². The van der Waals surface area contributed by atoms with E-state index in [1.807, 2.05) is 6.07 Å². The molecule has 1 N–H and O–H groups in total. The molecule has 0 spiro atoms. The second-order valence-corrected chi connectivity index (χ2v) is 5.17. The van der Waals surface area contributed by atoms with Crippen LogP contribution in [0, 0.1) is 5.82 Å². The summed E-state index contributed by atoms with van der Waals surface area (Å²) < 4.78 is 14.5. The summed E-state index contributed by atoms with van der Waals surface area (Å²) in [6, 6.07) is 5.81. The number of nitrogens with one attached hydrogen (secondary N) is 1. The van der Waals surface area contributed by atoms with Gasteiger partial charge >= 0.3 is 0 Å². The van der Waals surface area contributed by atoms with E-state index in [0.29, 0.717) is 6.04 Å². The summed E-state index contributed by atoms with van der Waals surface area (Å²) in [5, 5.41) is 3.42. The van der Waals surface area contributed by atoms with Crippen LogP contribution in [0.25, 0.3) is 0 Å². The summed E-state index contributed by atoms with van der Waals surface area (Å²) in [5.41, 5.74) is 0.789. The van der Waals surface area contributed by atoms with Crippen molar-refractivity contribution in [3.8, 4) is 0 Å². The number of hydrogen-bond donors (Lipinski definition) is 1. The van der Waals surface area contributed by atoms with E-state index in [-0.39, 0.29) is 11.7 Å². The average Bonchev–Trinajstić information content (AvgIpc) is 3.02. The van der Waals surface area contributed by atoms with Crippen LogP contribution in [0.4, 0.5) is 4.39 Å². The Bertz CT molecular complexity index is 349. The summed E-state index contributed by atoms with van der Waals surface area (Å²) in [6.45, 7) is 2.91. The van der Waals surface area contributed by atoms with Gasteiger partial charge in [0.25, 0.3) is 0 Å². The Labute approximate surface area is 98.2 Å². The molecule has 0 amide bonds. The standard InChI is InChI=1S/C12H15BrFN/c1-8(7-15-10-3-4-10)11-6-9(13)2-5-12(11)14/h2,5-6,8,10,15H,3-4,7H2,1H3. The topological polar surface area (TPSA) is 12.0 Å². The van der Waals surface area contributed by atoms with Gasteiger partial charge in [-0.05, 0) is 42.5 Å². The van der Waals surface area contributed by atoms with Gasteiger partial charge in [-0.25, -0.2) is 4.39 Å². The second-order valence-electron chi connectivity index (χ2n) is 4.25. The first-order valence-electron chi connectivity index (χ1n) is 5.35. The van der Waals surface area contributed by atoms with Crippen molar-refractivity contribution in [2.45, 2.75) is 31.7 Å². The zero-order chi connectivity index (χ0) is 10.8.